The van der Waals surface area contributed by atoms with E-state index < -0.39 is 6.17 Å². The van der Waals surface area contributed by atoms with Crippen molar-refractivity contribution < 1.29 is 10.4 Å². The maximum atomic E-state index is 8.18. The van der Waals surface area contributed by atoms with E-state index in [0.717, 1.165) is 0 Å². The van der Waals surface area contributed by atoms with Crippen molar-refractivity contribution in [2.75, 3.05) is 0 Å². The lowest BCUT2D eigenvalue weighted by Crippen LogP contribution is -2.42. The zero-order chi connectivity index (χ0) is 6.57. The first kappa shape index (κ1) is 7.84. The van der Waals surface area contributed by atoms with Gasteiger partial charge in [-0.3, -0.25) is 0 Å². The predicted octanol–water partition coefficient (Wildman–Crippen LogP) is -0.260. The van der Waals surface area contributed by atoms with E-state index in [9.17, 15) is 0 Å². The lowest BCUT2D eigenvalue weighted by atomic mass is 10.2. The molecule has 0 heterocycles. The average Bonchev–Trinajstić information content (AvgIpc) is 1.69. The molecule has 1 atom stereocenters. The lowest BCUT2D eigenvalue weighted by molar-refractivity contribution is 0.0103. The van der Waals surface area contributed by atoms with Gasteiger partial charge >= 0.3 is 0 Å². The van der Waals surface area contributed by atoms with Crippen LogP contribution in [0.2, 0.25) is 0 Å². The van der Waals surface area contributed by atoms with Crippen LogP contribution in [-0.2, 0) is 0 Å². The second kappa shape index (κ2) is 3.80. The number of nitrogens with one attached hydrogen (secondary N) is 2. The monoisotopic (exact) mass is 119 g/mol. The summed E-state index contributed by atoms with van der Waals surface area (Å²) < 4.78 is 0. The minimum absolute atomic E-state index is 0.0926. The van der Waals surface area contributed by atoms with Crippen LogP contribution in [0.1, 0.15) is 6.92 Å². The third-order valence-electron chi connectivity index (χ3n) is 0.847. The summed E-state index contributed by atoms with van der Waals surface area (Å²) in [4.78, 5) is 0. The third-order valence-corrected chi connectivity index (χ3v) is 0.847. The highest BCUT2D eigenvalue weighted by atomic mass is 16.5. The van der Waals surface area contributed by atoms with Crippen LogP contribution < -0.4 is 11.0 Å². The quantitative estimate of drug-likeness (QED) is 0.305. The first-order valence-corrected chi connectivity index (χ1v) is 2.34. The molecule has 4 nitrogen and oxygen atoms in total. The van der Waals surface area contributed by atoms with Crippen molar-refractivity contribution in [3.63, 3.8) is 0 Å². The average molecular weight is 119 g/mol. The molecule has 4 N–H and O–H groups in total. The molecule has 0 saturated carbocycles. The summed E-state index contributed by atoms with van der Waals surface area (Å²) in [5, 5.41) is 16.4. The van der Waals surface area contributed by atoms with Crippen LogP contribution >= 0.6 is 0 Å². The standard InChI is InChI=1S/C4H11N2O2/c1-3(2)4(5-7)6-8/h3-8H,1H2,2H3/t3-/m0/s1. The first-order valence-electron chi connectivity index (χ1n) is 2.34. The Hall–Kier alpha value is -0.160. The number of hydroxylamine groups is 2. The minimum Gasteiger partial charge on any atom is -0.315 e. The van der Waals surface area contributed by atoms with Crippen LogP contribution in [0, 0.1) is 12.8 Å². The normalized spacial score (nSPS) is 11.2. The molecule has 0 spiro atoms. The molecule has 0 bridgehead atoms. The highest BCUT2D eigenvalue weighted by molar-refractivity contribution is 4.64. The molecule has 0 aliphatic heterocycles. The fourth-order valence-corrected chi connectivity index (χ4v) is 0.283. The van der Waals surface area contributed by atoms with Gasteiger partial charge in [0.15, 0.2) is 0 Å². The summed E-state index contributed by atoms with van der Waals surface area (Å²) in [5.41, 5.74) is 3.66. The predicted molar refractivity (Wildman–Crippen MR) is 28.2 cm³/mol. The molecule has 0 fully saturated rings. The van der Waals surface area contributed by atoms with Gasteiger partial charge in [-0.1, -0.05) is 6.92 Å². The van der Waals surface area contributed by atoms with Gasteiger partial charge in [-0.2, -0.15) is 11.0 Å². The van der Waals surface area contributed by atoms with Gasteiger partial charge in [0.2, 0.25) is 0 Å². The molecule has 0 unspecified atom stereocenters. The van der Waals surface area contributed by atoms with Gasteiger partial charge < -0.3 is 10.4 Å². The zero-order valence-electron chi connectivity index (χ0n) is 4.76. The Morgan fingerprint density at radius 2 is 1.75 bits per heavy atom. The molecule has 8 heavy (non-hydrogen) atoms. The largest absolute Gasteiger partial charge is 0.315 e. The fraction of sp³-hybridized carbons (Fsp3) is 0.750. The van der Waals surface area contributed by atoms with Crippen LogP contribution in [-0.4, -0.2) is 16.6 Å². The Morgan fingerprint density at radius 3 is 1.75 bits per heavy atom. The maximum absolute atomic E-state index is 8.18. The molecular weight excluding hydrogens is 108 g/mol. The van der Waals surface area contributed by atoms with Crippen LogP contribution in [0.25, 0.3) is 0 Å². The zero-order valence-corrected chi connectivity index (χ0v) is 4.76. The van der Waals surface area contributed by atoms with Crippen molar-refractivity contribution in [2.24, 2.45) is 5.92 Å². The van der Waals surface area contributed by atoms with E-state index in [0.29, 0.717) is 0 Å². The highest BCUT2D eigenvalue weighted by Crippen LogP contribution is 1.93. The van der Waals surface area contributed by atoms with Gasteiger partial charge in [0.1, 0.15) is 6.17 Å². The van der Waals surface area contributed by atoms with Crippen LogP contribution in [0.4, 0.5) is 0 Å². The Morgan fingerprint density at radius 1 is 1.38 bits per heavy atom. The molecule has 0 aromatic heterocycles. The minimum atomic E-state index is -0.546. The van der Waals surface area contributed by atoms with E-state index in [4.69, 9.17) is 10.4 Å². The summed E-state index contributed by atoms with van der Waals surface area (Å²) in [6, 6.07) is 0. The molecule has 1 radical (unpaired) electrons. The van der Waals surface area contributed by atoms with E-state index in [-0.39, 0.29) is 5.92 Å². The first-order chi connectivity index (χ1) is 3.72. The SMILES string of the molecule is [CH2][C@@H](C)C(NO)NO. The summed E-state index contributed by atoms with van der Waals surface area (Å²) in [6.45, 7) is 5.28. The Labute approximate surface area is 48.4 Å². The molecule has 0 rings (SSSR count). The molecule has 0 aliphatic carbocycles. The van der Waals surface area contributed by atoms with Crippen molar-refractivity contribution in [3.8, 4) is 0 Å². The van der Waals surface area contributed by atoms with Crippen LogP contribution in [0.3, 0.4) is 0 Å². The fourth-order valence-electron chi connectivity index (χ4n) is 0.283. The molecule has 49 valence electrons. The van der Waals surface area contributed by atoms with Crippen LogP contribution in [0.5, 0.6) is 0 Å². The summed E-state index contributed by atoms with van der Waals surface area (Å²) in [6.07, 6.45) is -0.546. The maximum Gasteiger partial charge on any atom is 0.106 e. The van der Waals surface area contributed by atoms with Crippen molar-refractivity contribution in [2.45, 2.75) is 13.1 Å². The number of hydrogen-bond acceptors (Lipinski definition) is 4. The molecular formula is C4H11N2O2. The smallest absolute Gasteiger partial charge is 0.106 e. The topological polar surface area (TPSA) is 64.5 Å². The van der Waals surface area contributed by atoms with Gasteiger partial charge in [-0.25, -0.2) is 0 Å². The Bertz CT molecular complexity index is 54.0. The van der Waals surface area contributed by atoms with E-state index in [1.54, 1.807) is 6.92 Å². The second-order valence-corrected chi connectivity index (χ2v) is 1.71. The molecule has 4 heteroatoms. The molecule has 0 amide bonds. The number of hydrogen-bond donors (Lipinski definition) is 4. The molecule has 0 aromatic carbocycles. The summed E-state index contributed by atoms with van der Waals surface area (Å²) in [7, 11) is 0. The summed E-state index contributed by atoms with van der Waals surface area (Å²) in [5.74, 6) is -0.0926. The van der Waals surface area contributed by atoms with Gasteiger partial charge in [-0.05, 0) is 12.8 Å². The van der Waals surface area contributed by atoms with E-state index in [1.165, 1.54) is 0 Å². The highest BCUT2D eigenvalue weighted by Gasteiger charge is 2.07. The Kier molecular flexibility index (Phi) is 3.72. The van der Waals surface area contributed by atoms with Crippen LogP contribution in [0.15, 0.2) is 0 Å². The van der Waals surface area contributed by atoms with Crippen molar-refractivity contribution in [1.82, 2.24) is 11.0 Å². The molecule has 0 aromatic rings. The van der Waals surface area contributed by atoms with E-state index >= 15 is 0 Å². The van der Waals surface area contributed by atoms with Crippen molar-refractivity contribution in [3.05, 3.63) is 6.92 Å². The van der Waals surface area contributed by atoms with Crippen molar-refractivity contribution in [1.29, 1.82) is 0 Å². The molecule has 0 saturated heterocycles. The lowest BCUT2D eigenvalue weighted by Gasteiger charge is -2.15. The third kappa shape index (κ3) is 2.23. The van der Waals surface area contributed by atoms with Gasteiger partial charge in [-0.15, -0.1) is 0 Å². The van der Waals surface area contributed by atoms with Gasteiger partial charge in [0.25, 0.3) is 0 Å². The Balaban J connectivity index is 3.35. The summed E-state index contributed by atoms with van der Waals surface area (Å²) >= 11 is 0. The van der Waals surface area contributed by atoms with Gasteiger partial charge in [0.05, 0.1) is 0 Å². The van der Waals surface area contributed by atoms with Gasteiger partial charge in [0, 0.05) is 0 Å². The van der Waals surface area contributed by atoms with E-state index in [2.05, 4.69) is 6.92 Å². The number of rotatable bonds is 3. The second-order valence-electron chi connectivity index (χ2n) is 1.71. The van der Waals surface area contributed by atoms with E-state index in [1.807, 2.05) is 11.0 Å². The van der Waals surface area contributed by atoms with Crippen molar-refractivity contribution >= 4 is 0 Å². The molecule has 0 aliphatic rings.